The molecule has 0 radical (unpaired) electrons. The number of nitrogens with zero attached hydrogens (tertiary/aromatic N) is 5. The standard InChI is InChI=1S/C23H18N6O/c1-14-9-17(5-6-19(14)22(24)30)21-13-27-23-26-12-18(29(23)28-21)11-15-4-7-20-16(10-15)3-2-8-25-20/h2-10,12-13H,11H2,1H3,(H2,24,30). The lowest BCUT2D eigenvalue weighted by atomic mass is 10.0. The fraction of sp³-hybridized carbons (Fsp3) is 0.0870. The fourth-order valence-electron chi connectivity index (χ4n) is 3.62. The van der Waals surface area contributed by atoms with Gasteiger partial charge in [-0.2, -0.15) is 5.10 Å². The van der Waals surface area contributed by atoms with Crippen LogP contribution < -0.4 is 5.73 Å². The highest BCUT2D eigenvalue weighted by molar-refractivity contribution is 5.94. The van der Waals surface area contributed by atoms with E-state index in [0.717, 1.165) is 33.3 Å². The van der Waals surface area contributed by atoms with E-state index >= 15 is 0 Å². The Morgan fingerprint density at radius 2 is 1.90 bits per heavy atom. The molecule has 0 unspecified atom stereocenters. The van der Waals surface area contributed by atoms with Crippen LogP contribution in [0.2, 0.25) is 0 Å². The predicted octanol–water partition coefficient (Wildman–Crippen LogP) is 3.34. The van der Waals surface area contributed by atoms with Crippen molar-refractivity contribution < 1.29 is 4.79 Å². The molecular weight excluding hydrogens is 376 g/mol. The number of hydrogen-bond donors (Lipinski definition) is 1. The zero-order chi connectivity index (χ0) is 20.7. The minimum atomic E-state index is -0.442. The van der Waals surface area contributed by atoms with Crippen LogP contribution in [0.3, 0.4) is 0 Å². The van der Waals surface area contributed by atoms with Gasteiger partial charge in [-0.15, -0.1) is 0 Å². The SMILES string of the molecule is Cc1cc(-c2cnc3ncc(Cc4ccc5ncccc5c4)n3n2)ccc1C(N)=O. The number of pyridine rings is 1. The van der Waals surface area contributed by atoms with Crippen molar-refractivity contribution in [3.05, 3.63) is 89.5 Å². The van der Waals surface area contributed by atoms with Gasteiger partial charge in [0, 0.05) is 29.1 Å². The smallest absolute Gasteiger partial charge is 0.250 e. The third-order valence-corrected chi connectivity index (χ3v) is 5.14. The number of nitrogens with two attached hydrogens (primary N) is 1. The largest absolute Gasteiger partial charge is 0.366 e. The summed E-state index contributed by atoms with van der Waals surface area (Å²) in [6.07, 6.45) is 5.95. The lowest BCUT2D eigenvalue weighted by Gasteiger charge is -2.07. The Kier molecular flexibility index (Phi) is 4.21. The quantitative estimate of drug-likeness (QED) is 0.504. The fourth-order valence-corrected chi connectivity index (χ4v) is 3.62. The van der Waals surface area contributed by atoms with Crippen LogP contribution in [0, 0.1) is 6.92 Å². The van der Waals surface area contributed by atoms with Crippen LogP contribution in [0.4, 0.5) is 0 Å². The average Bonchev–Trinajstić information content (AvgIpc) is 3.15. The maximum absolute atomic E-state index is 11.5. The van der Waals surface area contributed by atoms with Crippen molar-refractivity contribution in [2.24, 2.45) is 5.73 Å². The molecule has 30 heavy (non-hydrogen) atoms. The summed E-state index contributed by atoms with van der Waals surface area (Å²) in [6, 6.07) is 15.6. The first kappa shape index (κ1) is 17.9. The molecule has 146 valence electrons. The normalized spacial score (nSPS) is 11.2. The molecule has 0 saturated heterocycles. The van der Waals surface area contributed by atoms with Gasteiger partial charge < -0.3 is 5.73 Å². The molecule has 0 aliphatic heterocycles. The van der Waals surface area contributed by atoms with E-state index in [4.69, 9.17) is 10.8 Å². The Labute approximate surface area is 172 Å². The van der Waals surface area contributed by atoms with Crippen LogP contribution in [-0.4, -0.2) is 30.5 Å². The average molecular weight is 394 g/mol. The number of imidazole rings is 1. The lowest BCUT2D eigenvalue weighted by Crippen LogP contribution is -2.12. The van der Waals surface area contributed by atoms with Crippen molar-refractivity contribution >= 4 is 22.6 Å². The second kappa shape index (κ2) is 7.04. The topological polar surface area (TPSA) is 99.1 Å². The number of aromatic nitrogens is 5. The summed E-state index contributed by atoms with van der Waals surface area (Å²) in [5, 5.41) is 5.84. The first-order chi connectivity index (χ1) is 14.6. The molecule has 2 N–H and O–H groups in total. The summed E-state index contributed by atoms with van der Waals surface area (Å²) in [6.45, 7) is 1.85. The molecule has 5 rings (SSSR count). The van der Waals surface area contributed by atoms with E-state index < -0.39 is 5.91 Å². The zero-order valence-corrected chi connectivity index (χ0v) is 16.3. The van der Waals surface area contributed by atoms with Crippen molar-refractivity contribution in [1.29, 1.82) is 0 Å². The molecule has 2 aromatic carbocycles. The number of fused-ring (bicyclic) bond motifs is 2. The summed E-state index contributed by atoms with van der Waals surface area (Å²) in [4.78, 5) is 24.7. The minimum Gasteiger partial charge on any atom is -0.366 e. The molecule has 0 spiro atoms. The highest BCUT2D eigenvalue weighted by Crippen LogP contribution is 2.21. The molecule has 7 heteroatoms. The van der Waals surface area contributed by atoms with Crippen LogP contribution in [0.1, 0.15) is 27.2 Å². The van der Waals surface area contributed by atoms with Crippen LogP contribution in [0.15, 0.2) is 67.1 Å². The van der Waals surface area contributed by atoms with E-state index in [1.54, 1.807) is 29.2 Å². The molecule has 5 aromatic rings. The predicted molar refractivity (Wildman–Crippen MR) is 114 cm³/mol. The summed E-state index contributed by atoms with van der Waals surface area (Å²) in [5.41, 5.74) is 11.3. The Morgan fingerprint density at radius 1 is 1.03 bits per heavy atom. The van der Waals surface area contributed by atoms with Gasteiger partial charge in [-0.3, -0.25) is 9.78 Å². The molecule has 0 saturated carbocycles. The van der Waals surface area contributed by atoms with E-state index in [9.17, 15) is 4.79 Å². The number of amides is 1. The molecular formula is C23H18N6O. The Morgan fingerprint density at radius 3 is 2.73 bits per heavy atom. The van der Waals surface area contributed by atoms with E-state index in [0.29, 0.717) is 23.5 Å². The Balaban J connectivity index is 1.52. The maximum Gasteiger partial charge on any atom is 0.250 e. The van der Waals surface area contributed by atoms with Crippen molar-refractivity contribution in [3.8, 4) is 11.3 Å². The molecule has 0 fully saturated rings. The second-order valence-electron chi connectivity index (χ2n) is 7.21. The van der Waals surface area contributed by atoms with Crippen LogP contribution >= 0.6 is 0 Å². The van der Waals surface area contributed by atoms with Crippen molar-refractivity contribution in [1.82, 2.24) is 24.6 Å². The number of hydrogen-bond acceptors (Lipinski definition) is 5. The molecule has 3 heterocycles. The Bertz CT molecular complexity index is 1420. The summed E-state index contributed by atoms with van der Waals surface area (Å²) < 4.78 is 1.76. The van der Waals surface area contributed by atoms with Gasteiger partial charge in [-0.05, 0) is 48.4 Å². The number of carbonyl (C=O) groups excluding carboxylic acids is 1. The van der Waals surface area contributed by atoms with Gasteiger partial charge in [0.25, 0.3) is 5.78 Å². The van der Waals surface area contributed by atoms with E-state index in [1.165, 1.54) is 0 Å². The monoisotopic (exact) mass is 394 g/mol. The van der Waals surface area contributed by atoms with Crippen LogP contribution in [0.25, 0.3) is 27.9 Å². The summed E-state index contributed by atoms with van der Waals surface area (Å²) in [5.74, 6) is 0.102. The zero-order valence-electron chi connectivity index (χ0n) is 16.3. The highest BCUT2D eigenvalue weighted by Gasteiger charge is 2.12. The van der Waals surface area contributed by atoms with Crippen LogP contribution in [0.5, 0.6) is 0 Å². The van der Waals surface area contributed by atoms with E-state index in [-0.39, 0.29) is 0 Å². The number of rotatable bonds is 4. The number of aryl methyl sites for hydroxylation is 1. The molecule has 3 aromatic heterocycles. The van der Waals surface area contributed by atoms with Gasteiger partial charge in [0.1, 0.15) is 5.69 Å². The molecule has 0 aliphatic carbocycles. The van der Waals surface area contributed by atoms with Crippen molar-refractivity contribution in [2.45, 2.75) is 13.3 Å². The minimum absolute atomic E-state index is 0.442. The number of carbonyl (C=O) groups is 1. The van der Waals surface area contributed by atoms with Crippen molar-refractivity contribution in [2.75, 3.05) is 0 Å². The van der Waals surface area contributed by atoms with E-state index in [1.807, 2.05) is 31.2 Å². The van der Waals surface area contributed by atoms with Gasteiger partial charge in [-0.25, -0.2) is 14.5 Å². The maximum atomic E-state index is 11.5. The van der Waals surface area contributed by atoms with Gasteiger partial charge in [-0.1, -0.05) is 18.2 Å². The second-order valence-corrected chi connectivity index (χ2v) is 7.21. The third kappa shape index (κ3) is 3.16. The Hall–Kier alpha value is -4.13. The highest BCUT2D eigenvalue weighted by atomic mass is 16.1. The van der Waals surface area contributed by atoms with Crippen LogP contribution in [-0.2, 0) is 6.42 Å². The molecule has 0 bridgehead atoms. The molecule has 0 atom stereocenters. The first-order valence-electron chi connectivity index (χ1n) is 9.52. The van der Waals surface area contributed by atoms with Gasteiger partial charge >= 0.3 is 0 Å². The van der Waals surface area contributed by atoms with Gasteiger partial charge in [0.15, 0.2) is 0 Å². The lowest BCUT2D eigenvalue weighted by molar-refractivity contribution is 0.0999. The number of primary amides is 1. The molecule has 7 nitrogen and oxygen atoms in total. The first-order valence-corrected chi connectivity index (χ1v) is 9.52. The summed E-state index contributed by atoms with van der Waals surface area (Å²) >= 11 is 0. The summed E-state index contributed by atoms with van der Waals surface area (Å²) in [7, 11) is 0. The van der Waals surface area contributed by atoms with E-state index in [2.05, 4.69) is 33.2 Å². The molecule has 1 amide bonds. The van der Waals surface area contributed by atoms with Gasteiger partial charge in [0.2, 0.25) is 5.91 Å². The molecule has 0 aliphatic rings. The van der Waals surface area contributed by atoms with Gasteiger partial charge in [0.05, 0.1) is 23.6 Å². The third-order valence-electron chi connectivity index (χ3n) is 5.14. The van der Waals surface area contributed by atoms with Crippen molar-refractivity contribution in [3.63, 3.8) is 0 Å². The number of benzene rings is 2.